The van der Waals surface area contributed by atoms with E-state index in [4.69, 9.17) is 0 Å². The molecule has 2 N–H and O–H groups in total. The van der Waals surface area contributed by atoms with Gasteiger partial charge in [-0.2, -0.15) is 4.80 Å². The van der Waals surface area contributed by atoms with Gasteiger partial charge in [0.1, 0.15) is 11.7 Å². The fourth-order valence-electron chi connectivity index (χ4n) is 2.27. The molecule has 1 heterocycles. The number of rotatable bonds is 8. The van der Waals surface area contributed by atoms with Crippen molar-refractivity contribution in [2.75, 3.05) is 0 Å². The van der Waals surface area contributed by atoms with E-state index in [0.717, 1.165) is 12.1 Å². The molecular weight excluding hydrogens is 343 g/mol. The van der Waals surface area contributed by atoms with Crippen LogP contribution in [0.5, 0.6) is 0 Å². The monoisotopic (exact) mass is 362 g/mol. The molecule has 0 saturated carbocycles. The Labute approximate surface area is 149 Å². The van der Waals surface area contributed by atoms with E-state index in [9.17, 15) is 24.2 Å². The van der Waals surface area contributed by atoms with Gasteiger partial charge < -0.3 is 10.2 Å². The molecule has 0 aliphatic carbocycles. The van der Waals surface area contributed by atoms with Crippen LogP contribution in [0.25, 0.3) is 5.57 Å². The molecule has 2 unspecified atom stereocenters. The van der Waals surface area contributed by atoms with Gasteiger partial charge >= 0.3 is 5.97 Å². The summed E-state index contributed by atoms with van der Waals surface area (Å²) in [6, 6.07) is 4.55. The van der Waals surface area contributed by atoms with Gasteiger partial charge in [-0.1, -0.05) is 18.7 Å². The number of carboxylic acids is 1. The van der Waals surface area contributed by atoms with Gasteiger partial charge in [-0.3, -0.25) is 9.59 Å². The summed E-state index contributed by atoms with van der Waals surface area (Å²) in [6.07, 6.45) is -1.86. The molecule has 26 heavy (non-hydrogen) atoms. The minimum atomic E-state index is -1.52. The predicted molar refractivity (Wildman–Crippen MR) is 89.6 cm³/mol. The Hall–Kier alpha value is -2.94. The number of aromatic nitrogens is 4. The molecule has 2 atom stereocenters. The van der Waals surface area contributed by atoms with Gasteiger partial charge in [-0.25, -0.2) is 4.39 Å². The maximum Gasteiger partial charge on any atom is 0.318 e. The van der Waals surface area contributed by atoms with Crippen molar-refractivity contribution in [2.24, 2.45) is 0 Å². The normalized spacial score (nSPS) is 13.4. The van der Waals surface area contributed by atoms with Crippen molar-refractivity contribution in [2.45, 2.75) is 38.3 Å². The Morgan fingerprint density at radius 3 is 2.38 bits per heavy atom. The molecule has 0 amide bonds. The maximum absolute atomic E-state index is 13.0. The number of carbonyl (C=O) groups excluding carboxylic acids is 1. The number of carboxylic acid groups (broad SMARTS) is 1. The van der Waals surface area contributed by atoms with Gasteiger partial charge in [0.25, 0.3) is 0 Å². The lowest BCUT2D eigenvalue weighted by atomic mass is 9.90. The quantitative estimate of drug-likeness (QED) is 0.685. The summed E-state index contributed by atoms with van der Waals surface area (Å²) < 4.78 is 13.0. The number of aliphatic hydroxyl groups is 1. The van der Waals surface area contributed by atoms with Crippen molar-refractivity contribution in [1.82, 2.24) is 20.2 Å². The van der Waals surface area contributed by atoms with Crippen LogP contribution in [0, 0.1) is 5.82 Å². The van der Waals surface area contributed by atoms with Crippen LogP contribution in [-0.4, -0.2) is 48.3 Å². The van der Waals surface area contributed by atoms with Gasteiger partial charge in [0, 0.05) is 12.0 Å². The molecule has 8 nitrogen and oxygen atoms in total. The second-order valence-electron chi connectivity index (χ2n) is 6.06. The van der Waals surface area contributed by atoms with E-state index in [0.29, 0.717) is 0 Å². The number of Topliss-reactive ketones (excluding diaryl/α,β-unsaturated/α-hetero) is 1. The van der Waals surface area contributed by atoms with Crippen molar-refractivity contribution < 1.29 is 24.2 Å². The van der Waals surface area contributed by atoms with Gasteiger partial charge in [-0.05, 0) is 36.8 Å². The molecule has 1 aromatic carbocycles. The third kappa shape index (κ3) is 4.37. The minimum Gasteiger partial charge on any atom is -0.480 e. The summed E-state index contributed by atoms with van der Waals surface area (Å²) in [7, 11) is 0. The molecule has 138 valence electrons. The summed E-state index contributed by atoms with van der Waals surface area (Å²) in [4.78, 5) is 25.2. The van der Waals surface area contributed by atoms with Crippen LogP contribution in [0.3, 0.4) is 0 Å². The van der Waals surface area contributed by atoms with E-state index < -0.39 is 36.0 Å². The van der Waals surface area contributed by atoms with E-state index in [1.165, 1.54) is 16.9 Å². The van der Waals surface area contributed by atoms with Crippen molar-refractivity contribution in [3.05, 3.63) is 48.0 Å². The number of tetrazole rings is 1. The predicted octanol–water partition coefficient (Wildman–Crippen LogP) is 1.59. The summed E-state index contributed by atoms with van der Waals surface area (Å²) in [5, 5.41) is 31.2. The van der Waals surface area contributed by atoms with Crippen LogP contribution >= 0.6 is 0 Å². The first kappa shape index (κ1) is 19.4. The second-order valence-corrected chi connectivity index (χ2v) is 6.06. The molecule has 1 aromatic heterocycles. The number of hydrogen-bond donors (Lipinski definition) is 2. The van der Waals surface area contributed by atoms with Crippen LogP contribution < -0.4 is 0 Å². The Balaban J connectivity index is 2.13. The lowest BCUT2D eigenvalue weighted by molar-refractivity contribution is -0.142. The first-order valence-corrected chi connectivity index (χ1v) is 7.88. The molecule has 0 aliphatic heterocycles. The van der Waals surface area contributed by atoms with Gasteiger partial charge in [-0.15, -0.1) is 10.2 Å². The number of hydrogen-bond acceptors (Lipinski definition) is 6. The van der Waals surface area contributed by atoms with Gasteiger partial charge in [0.2, 0.25) is 5.82 Å². The number of ketones is 1. The highest BCUT2D eigenvalue weighted by Crippen LogP contribution is 2.23. The van der Waals surface area contributed by atoms with Crippen molar-refractivity contribution in [3.63, 3.8) is 0 Å². The fourth-order valence-corrected chi connectivity index (χ4v) is 2.27. The minimum absolute atomic E-state index is 0.0438. The Morgan fingerprint density at radius 1 is 1.27 bits per heavy atom. The van der Waals surface area contributed by atoms with Crippen LogP contribution in [0.4, 0.5) is 4.39 Å². The van der Waals surface area contributed by atoms with Crippen molar-refractivity contribution in [1.29, 1.82) is 0 Å². The van der Waals surface area contributed by atoms with E-state index in [2.05, 4.69) is 22.0 Å². The van der Waals surface area contributed by atoms with E-state index in [1.807, 2.05) is 13.8 Å². The zero-order valence-electron chi connectivity index (χ0n) is 14.3. The van der Waals surface area contributed by atoms with Gasteiger partial charge in [0.05, 0.1) is 12.1 Å². The number of aliphatic hydroxyl groups excluding tert-OH is 1. The average Bonchev–Trinajstić information content (AvgIpc) is 3.06. The van der Waals surface area contributed by atoms with E-state index in [1.54, 1.807) is 0 Å². The molecule has 0 fully saturated rings. The van der Waals surface area contributed by atoms with E-state index in [-0.39, 0.29) is 23.0 Å². The fraction of sp³-hybridized carbons (Fsp3) is 0.353. The van der Waals surface area contributed by atoms with Crippen LogP contribution in [0.2, 0.25) is 0 Å². The molecule has 0 spiro atoms. The standard InChI is InChI=1S/C17H19FN4O4/c1-9(2)22-20-16(19-21-22)10(3)13(23)8-14(24)15(17(25)26)11-4-6-12(18)7-5-11/h4-7,9,13,15,23H,3,8H2,1-2H3,(H,25,26). The number of aliphatic carboxylic acids is 1. The maximum atomic E-state index is 13.0. The highest BCUT2D eigenvalue weighted by molar-refractivity contribution is 6.04. The first-order chi connectivity index (χ1) is 12.2. The zero-order chi connectivity index (χ0) is 19.4. The second kappa shape index (κ2) is 7.96. The third-order valence-corrected chi connectivity index (χ3v) is 3.75. The molecular formula is C17H19FN4O4. The van der Waals surface area contributed by atoms with E-state index >= 15 is 0 Å². The topological polar surface area (TPSA) is 118 Å². The first-order valence-electron chi connectivity index (χ1n) is 7.88. The largest absolute Gasteiger partial charge is 0.480 e. The highest BCUT2D eigenvalue weighted by atomic mass is 19.1. The van der Waals surface area contributed by atoms with Crippen molar-refractivity contribution >= 4 is 17.3 Å². The third-order valence-electron chi connectivity index (χ3n) is 3.75. The summed E-state index contributed by atoms with van der Waals surface area (Å²) >= 11 is 0. The number of halogens is 1. The molecule has 0 radical (unpaired) electrons. The molecule has 0 bridgehead atoms. The summed E-state index contributed by atoms with van der Waals surface area (Å²) in [5.74, 6) is -4.11. The van der Waals surface area contributed by atoms with Gasteiger partial charge in [0.15, 0.2) is 5.78 Å². The lowest BCUT2D eigenvalue weighted by Gasteiger charge is -2.15. The molecule has 2 aromatic rings. The SMILES string of the molecule is C=C(c1nnn(C(C)C)n1)C(O)CC(=O)C(C(=O)O)c1ccc(F)cc1. The number of carbonyl (C=O) groups is 2. The smallest absolute Gasteiger partial charge is 0.318 e. The zero-order valence-corrected chi connectivity index (χ0v) is 14.3. The van der Waals surface area contributed by atoms with Crippen LogP contribution in [0.15, 0.2) is 30.8 Å². The Kier molecular flexibility index (Phi) is 5.93. The number of nitrogens with zero attached hydrogens (tertiary/aromatic N) is 4. The van der Waals surface area contributed by atoms with Crippen LogP contribution in [-0.2, 0) is 9.59 Å². The molecule has 2 rings (SSSR count). The van der Waals surface area contributed by atoms with Crippen LogP contribution in [0.1, 0.15) is 43.6 Å². The Bertz CT molecular complexity index is 816. The summed E-state index contributed by atoms with van der Waals surface area (Å²) in [5.41, 5.74) is 0.194. The molecule has 9 heteroatoms. The highest BCUT2D eigenvalue weighted by Gasteiger charge is 2.31. The summed E-state index contributed by atoms with van der Waals surface area (Å²) in [6.45, 7) is 7.34. The number of benzene rings is 1. The average molecular weight is 362 g/mol. The molecule has 0 aliphatic rings. The van der Waals surface area contributed by atoms with Crippen molar-refractivity contribution in [3.8, 4) is 0 Å². The lowest BCUT2D eigenvalue weighted by Crippen LogP contribution is -2.26. The molecule has 0 saturated heterocycles. The Morgan fingerprint density at radius 2 is 1.88 bits per heavy atom.